The fraction of sp³-hybridized carbons (Fsp3) is 0.250. The van der Waals surface area contributed by atoms with Gasteiger partial charge in [-0.2, -0.15) is 0 Å². The minimum absolute atomic E-state index is 0.105. The van der Waals surface area contributed by atoms with E-state index in [1.54, 1.807) is 26.0 Å². The molecule has 3 rings (SSSR count). The van der Waals surface area contributed by atoms with Crippen LogP contribution in [-0.2, 0) is 26.1 Å². The van der Waals surface area contributed by atoms with Gasteiger partial charge in [0.15, 0.2) is 19.7 Å². The van der Waals surface area contributed by atoms with Crippen LogP contribution in [0, 0.1) is 0 Å². The van der Waals surface area contributed by atoms with E-state index >= 15 is 0 Å². The van der Waals surface area contributed by atoms with Crippen molar-refractivity contribution >= 4 is 31.6 Å². The minimum Gasteiger partial charge on any atom is -0.407 e. The molecule has 0 saturated heterocycles. The Labute approximate surface area is 180 Å². The summed E-state index contributed by atoms with van der Waals surface area (Å²) in [5.74, 6) is -0.290. The summed E-state index contributed by atoms with van der Waals surface area (Å²) < 4.78 is 52.8. The molecular weight excluding hydrogens is 442 g/mol. The first-order valence-corrected chi connectivity index (χ1v) is 12.7. The molecule has 2 aromatic carbocycles. The van der Waals surface area contributed by atoms with Crippen molar-refractivity contribution in [1.29, 1.82) is 0 Å². The van der Waals surface area contributed by atoms with Crippen LogP contribution in [0.5, 0.6) is 0 Å². The SMILES string of the molecule is CC(C)S(=O)(=O)c1ccc(C(=O)Nc2nnc(Cc3ccc(S(C)(=O)=O)cc3)o2)cc1. The van der Waals surface area contributed by atoms with Gasteiger partial charge in [-0.1, -0.05) is 17.2 Å². The number of carbonyl (C=O) groups excluding carboxylic acids is 1. The molecule has 0 unspecified atom stereocenters. The molecule has 3 aromatic rings. The maximum atomic E-state index is 12.4. The molecule has 0 saturated carbocycles. The van der Waals surface area contributed by atoms with Crippen LogP contribution in [0.25, 0.3) is 0 Å². The van der Waals surface area contributed by atoms with E-state index in [4.69, 9.17) is 4.42 Å². The summed E-state index contributed by atoms with van der Waals surface area (Å²) in [5.41, 5.74) is 0.995. The lowest BCUT2D eigenvalue weighted by molar-refractivity contribution is 0.102. The highest BCUT2D eigenvalue weighted by atomic mass is 32.2. The number of rotatable bonds is 7. The molecule has 0 atom stereocenters. The first-order chi connectivity index (χ1) is 14.5. The summed E-state index contributed by atoms with van der Waals surface area (Å²) in [4.78, 5) is 12.7. The maximum absolute atomic E-state index is 12.4. The molecule has 164 valence electrons. The molecule has 0 fully saturated rings. The monoisotopic (exact) mass is 463 g/mol. The highest BCUT2D eigenvalue weighted by Crippen LogP contribution is 2.18. The number of nitrogens with zero attached hydrogens (tertiary/aromatic N) is 2. The summed E-state index contributed by atoms with van der Waals surface area (Å²) in [6, 6.07) is 11.7. The molecule has 0 bridgehead atoms. The topological polar surface area (TPSA) is 136 Å². The van der Waals surface area contributed by atoms with Crippen LogP contribution >= 0.6 is 0 Å². The molecule has 0 aliphatic carbocycles. The number of aromatic nitrogens is 2. The molecule has 31 heavy (non-hydrogen) atoms. The van der Waals surface area contributed by atoms with Crippen LogP contribution in [0.4, 0.5) is 6.01 Å². The molecule has 1 aromatic heterocycles. The van der Waals surface area contributed by atoms with Gasteiger partial charge < -0.3 is 4.42 Å². The van der Waals surface area contributed by atoms with Gasteiger partial charge in [0.25, 0.3) is 5.91 Å². The maximum Gasteiger partial charge on any atom is 0.322 e. The third-order valence-electron chi connectivity index (χ3n) is 4.46. The van der Waals surface area contributed by atoms with Gasteiger partial charge in [-0.3, -0.25) is 10.1 Å². The molecule has 1 N–H and O–H groups in total. The number of hydrogen-bond donors (Lipinski definition) is 1. The number of sulfone groups is 2. The molecule has 0 aliphatic rings. The van der Waals surface area contributed by atoms with Gasteiger partial charge >= 0.3 is 6.01 Å². The highest BCUT2D eigenvalue weighted by molar-refractivity contribution is 7.92. The predicted octanol–water partition coefficient (Wildman–Crippen LogP) is 2.50. The number of anilines is 1. The number of nitrogens with one attached hydrogen (secondary N) is 1. The van der Waals surface area contributed by atoms with Crippen LogP contribution in [0.3, 0.4) is 0 Å². The Morgan fingerprint density at radius 3 is 2.06 bits per heavy atom. The van der Waals surface area contributed by atoms with E-state index in [2.05, 4.69) is 15.5 Å². The molecule has 1 amide bonds. The second kappa shape index (κ2) is 8.60. The van der Waals surface area contributed by atoms with E-state index in [9.17, 15) is 21.6 Å². The number of carbonyl (C=O) groups is 1. The summed E-state index contributed by atoms with van der Waals surface area (Å²) >= 11 is 0. The highest BCUT2D eigenvalue weighted by Gasteiger charge is 2.20. The minimum atomic E-state index is -3.42. The lowest BCUT2D eigenvalue weighted by Gasteiger charge is -2.08. The van der Waals surface area contributed by atoms with Crippen molar-refractivity contribution in [2.24, 2.45) is 0 Å². The van der Waals surface area contributed by atoms with E-state index in [0.29, 0.717) is 0 Å². The van der Waals surface area contributed by atoms with E-state index in [1.165, 1.54) is 36.4 Å². The fourth-order valence-corrected chi connectivity index (χ4v) is 4.33. The Hall–Kier alpha value is -3.05. The zero-order valence-electron chi connectivity index (χ0n) is 17.1. The van der Waals surface area contributed by atoms with E-state index in [1.807, 2.05) is 0 Å². The Bertz CT molecular complexity index is 1290. The molecule has 1 heterocycles. The van der Waals surface area contributed by atoms with Crippen LogP contribution in [0.1, 0.15) is 35.7 Å². The average molecular weight is 464 g/mol. The van der Waals surface area contributed by atoms with Gasteiger partial charge in [-0.15, -0.1) is 5.10 Å². The predicted molar refractivity (Wildman–Crippen MR) is 113 cm³/mol. The summed E-state index contributed by atoms with van der Waals surface area (Å²) in [7, 11) is -6.70. The van der Waals surface area contributed by atoms with Gasteiger partial charge in [-0.25, -0.2) is 16.8 Å². The van der Waals surface area contributed by atoms with E-state index < -0.39 is 30.8 Å². The van der Waals surface area contributed by atoms with Crippen molar-refractivity contribution in [1.82, 2.24) is 10.2 Å². The van der Waals surface area contributed by atoms with Crippen molar-refractivity contribution in [3.05, 3.63) is 65.5 Å². The second-order valence-corrected chi connectivity index (χ2v) is 11.7. The molecular formula is C20H21N3O6S2. The van der Waals surface area contributed by atoms with Gasteiger partial charge in [-0.05, 0) is 55.8 Å². The van der Waals surface area contributed by atoms with Gasteiger partial charge in [0, 0.05) is 11.8 Å². The van der Waals surface area contributed by atoms with Crippen molar-refractivity contribution in [3.63, 3.8) is 0 Å². The van der Waals surface area contributed by atoms with Crippen LogP contribution in [0.15, 0.2) is 62.7 Å². The standard InChI is InChI=1S/C20H21N3O6S2/c1-13(2)31(27,28)17-10-6-15(7-11-17)19(24)21-20-23-22-18(29-20)12-14-4-8-16(9-5-14)30(3,25)26/h4-11,13H,12H2,1-3H3,(H,21,23,24). The first-order valence-electron chi connectivity index (χ1n) is 9.23. The summed E-state index contributed by atoms with van der Waals surface area (Å²) in [6.45, 7) is 3.17. The zero-order valence-corrected chi connectivity index (χ0v) is 18.7. The molecule has 9 nitrogen and oxygen atoms in total. The Kier molecular flexibility index (Phi) is 6.27. The van der Waals surface area contributed by atoms with Crippen LogP contribution < -0.4 is 5.32 Å². The zero-order chi connectivity index (χ0) is 22.8. The number of amides is 1. The van der Waals surface area contributed by atoms with Crippen LogP contribution in [-0.4, -0.2) is 44.4 Å². The number of benzene rings is 2. The fourth-order valence-electron chi connectivity index (χ4n) is 2.64. The lowest BCUT2D eigenvalue weighted by atomic mass is 10.1. The Balaban J connectivity index is 1.66. The Morgan fingerprint density at radius 2 is 1.52 bits per heavy atom. The van der Waals surface area contributed by atoms with Gasteiger partial charge in [0.2, 0.25) is 5.89 Å². The smallest absolute Gasteiger partial charge is 0.322 e. The largest absolute Gasteiger partial charge is 0.407 e. The van der Waals surface area contributed by atoms with E-state index in [0.717, 1.165) is 11.8 Å². The van der Waals surface area contributed by atoms with Crippen molar-refractivity contribution in [2.45, 2.75) is 35.3 Å². The molecule has 11 heteroatoms. The average Bonchev–Trinajstić information content (AvgIpc) is 3.14. The van der Waals surface area contributed by atoms with E-state index in [-0.39, 0.29) is 33.7 Å². The molecule has 0 spiro atoms. The second-order valence-electron chi connectivity index (χ2n) is 7.17. The molecule has 0 aliphatic heterocycles. The first kappa shape index (κ1) is 22.6. The summed E-state index contributed by atoms with van der Waals surface area (Å²) in [5, 5.41) is 9.54. The van der Waals surface area contributed by atoms with Crippen molar-refractivity contribution < 1.29 is 26.0 Å². The third-order valence-corrected chi connectivity index (χ3v) is 7.76. The third kappa shape index (κ3) is 5.36. The van der Waals surface area contributed by atoms with Gasteiger partial charge in [0.05, 0.1) is 21.5 Å². The Morgan fingerprint density at radius 1 is 0.935 bits per heavy atom. The normalized spacial score (nSPS) is 12.1. The van der Waals surface area contributed by atoms with Crippen molar-refractivity contribution in [3.8, 4) is 0 Å². The summed E-state index contributed by atoms with van der Waals surface area (Å²) in [6.07, 6.45) is 1.39. The van der Waals surface area contributed by atoms with Crippen molar-refractivity contribution in [2.75, 3.05) is 11.6 Å². The quantitative estimate of drug-likeness (QED) is 0.564. The van der Waals surface area contributed by atoms with Gasteiger partial charge in [0.1, 0.15) is 0 Å². The molecule has 0 radical (unpaired) electrons. The number of hydrogen-bond acceptors (Lipinski definition) is 8. The lowest BCUT2D eigenvalue weighted by Crippen LogP contribution is -2.15. The van der Waals surface area contributed by atoms with Crippen LogP contribution in [0.2, 0.25) is 0 Å².